The van der Waals surface area contributed by atoms with Gasteiger partial charge in [-0.2, -0.15) is 0 Å². The third-order valence-electron chi connectivity index (χ3n) is 2.80. The number of hydrogen-bond acceptors (Lipinski definition) is 3. The van der Waals surface area contributed by atoms with E-state index in [2.05, 4.69) is 25.6 Å². The first kappa shape index (κ1) is 15.9. The monoisotopic (exact) mass is 366 g/mol. The molecule has 0 amide bonds. The fraction of sp³-hybridized carbons (Fsp3) is 0.133. The molecule has 0 aliphatic heterocycles. The number of pyridine rings is 1. The van der Waals surface area contributed by atoms with Gasteiger partial charge >= 0.3 is 0 Å². The zero-order valence-electron chi connectivity index (χ0n) is 11.4. The number of rotatable bonds is 5. The second kappa shape index (κ2) is 6.98. The maximum Gasteiger partial charge on any atom is 0.234 e. The summed E-state index contributed by atoms with van der Waals surface area (Å²) in [6.07, 6.45) is 1.46. The molecule has 110 valence electrons. The van der Waals surface area contributed by atoms with Crippen molar-refractivity contribution in [1.82, 2.24) is 9.71 Å². The van der Waals surface area contributed by atoms with Gasteiger partial charge in [0.15, 0.2) is 0 Å². The second-order valence-corrected chi connectivity index (χ2v) is 6.89. The zero-order valence-corrected chi connectivity index (χ0v) is 13.8. The van der Waals surface area contributed by atoms with E-state index < -0.39 is 10.0 Å². The van der Waals surface area contributed by atoms with Gasteiger partial charge in [0.05, 0.1) is 5.69 Å². The van der Waals surface area contributed by atoms with Crippen LogP contribution in [0.5, 0.6) is 0 Å². The first-order valence-electron chi connectivity index (χ1n) is 6.34. The fourth-order valence-electron chi connectivity index (χ4n) is 1.77. The van der Waals surface area contributed by atoms with Crippen molar-refractivity contribution < 1.29 is 8.42 Å². The largest absolute Gasteiger partial charge is 0.242 e. The number of benzene rings is 1. The van der Waals surface area contributed by atoms with Crippen LogP contribution in [0.3, 0.4) is 0 Å². The summed E-state index contributed by atoms with van der Waals surface area (Å²) in [5, 5.41) is 1.13. The van der Waals surface area contributed by atoms with Gasteiger partial charge in [-0.25, -0.2) is 18.1 Å². The normalized spacial score (nSPS) is 13.4. The third-order valence-corrected chi connectivity index (χ3v) is 4.41. The van der Waals surface area contributed by atoms with Crippen LogP contribution < -0.4 is 4.72 Å². The molecule has 0 radical (unpaired) electrons. The summed E-state index contributed by atoms with van der Waals surface area (Å²) < 4.78 is 27.3. The van der Waals surface area contributed by atoms with Crippen LogP contribution in [0.15, 0.2) is 58.5 Å². The molecule has 2 aromatic rings. The van der Waals surface area contributed by atoms with Crippen LogP contribution in [-0.2, 0) is 10.0 Å². The number of sulfonamides is 1. The molecule has 0 unspecified atom stereocenters. The molecule has 0 fully saturated rings. The predicted molar refractivity (Wildman–Crippen MR) is 87.9 cm³/mol. The van der Waals surface area contributed by atoms with Crippen molar-refractivity contribution in [3.05, 3.63) is 69.8 Å². The number of halogens is 1. The second-order valence-electron chi connectivity index (χ2n) is 4.48. The molecule has 21 heavy (non-hydrogen) atoms. The Morgan fingerprint density at radius 2 is 1.86 bits per heavy atom. The number of nitrogens with zero attached hydrogens (tertiary/aromatic N) is 1. The summed E-state index contributed by atoms with van der Waals surface area (Å²) in [6, 6.07) is 14.4. The van der Waals surface area contributed by atoms with Crippen molar-refractivity contribution in [2.75, 3.05) is 0 Å². The highest BCUT2D eigenvalue weighted by atomic mass is 79.9. The lowest BCUT2D eigenvalue weighted by Gasteiger charge is -2.12. The van der Waals surface area contributed by atoms with E-state index in [1.54, 1.807) is 25.1 Å². The van der Waals surface area contributed by atoms with E-state index in [0.717, 1.165) is 11.0 Å². The Balaban J connectivity index is 2.09. The number of nitrogens with one attached hydrogen (secondary N) is 1. The van der Waals surface area contributed by atoms with Crippen LogP contribution in [0.1, 0.15) is 24.2 Å². The molecule has 1 aromatic carbocycles. The van der Waals surface area contributed by atoms with Crippen LogP contribution >= 0.6 is 15.9 Å². The molecular formula is C15H15BrN2O2S. The van der Waals surface area contributed by atoms with E-state index in [0.29, 0.717) is 10.3 Å². The minimum Gasteiger partial charge on any atom is -0.242 e. The SMILES string of the molecule is C[C@@H](NS(=O)(=O)/C=C/c1cccc(Br)n1)c1ccccc1. The lowest BCUT2D eigenvalue weighted by Crippen LogP contribution is -2.24. The summed E-state index contributed by atoms with van der Waals surface area (Å²) in [7, 11) is -3.53. The van der Waals surface area contributed by atoms with Gasteiger partial charge in [0, 0.05) is 11.4 Å². The molecule has 2 rings (SSSR count). The van der Waals surface area contributed by atoms with Crippen molar-refractivity contribution in [3.8, 4) is 0 Å². The van der Waals surface area contributed by atoms with Crippen LogP contribution in [0, 0.1) is 0 Å². The van der Waals surface area contributed by atoms with Crippen molar-refractivity contribution >= 4 is 32.0 Å². The highest BCUT2D eigenvalue weighted by molar-refractivity contribution is 9.10. The summed E-state index contributed by atoms with van der Waals surface area (Å²) >= 11 is 3.24. The predicted octanol–water partition coefficient (Wildman–Crippen LogP) is 3.50. The molecule has 1 aromatic heterocycles. The van der Waals surface area contributed by atoms with Gasteiger partial charge in [0.2, 0.25) is 10.0 Å². The Labute approximate surface area is 133 Å². The zero-order chi connectivity index (χ0) is 15.3. The highest BCUT2D eigenvalue weighted by Gasteiger charge is 2.12. The summed E-state index contributed by atoms with van der Waals surface area (Å²) in [4.78, 5) is 4.15. The molecular weight excluding hydrogens is 352 g/mol. The molecule has 1 N–H and O–H groups in total. The Hall–Kier alpha value is -1.50. The Morgan fingerprint density at radius 3 is 2.52 bits per heavy atom. The van der Waals surface area contributed by atoms with Gasteiger partial charge in [0.25, 0.3) is 0 Å². The van der Waals surface area contributed by atoms with Gasteiger partial charge in [-0.1, -0.05) is 36.4 Å². The lowest BCUT2D eigenvalue weighted by molar-refractivity contribution is 0.576. The molecule has 0 saturated carbocycles. The maximum absolute atomic E-state index is 12.0. The Bertz CT molecular complexity index is 730. The van der Waals surface area contributed by atoms with Gasteiger partial charge in [-0.15, -0.1) is 0 Å². The van der Waals surface area contributed by atoms with Crippen molar-refractivity contribution in [2.45, 2.75) is 13.0 Å². The van der Waals surface area contributed by atoms with E-state index >= 15 is 0 Å². The molecule has 4 nitrogen and oxygen atoms in total. The van der Waals surface area contributed by atoms with Crippen LogP contribution in [-0.4, -0.2) is 13.4 Å². The highest BCUT2D eigenvalue weighted by Crippen LogP contribution is 2.13. The smallest absolute Gasteiger partial charge is 0.234 e. The lowest BCUT2D eigenvalue weighted by atomic mass is 10.1. The summed E-state index contributed by atoms with van der Waals surface area (Å²) in [5.74, 6) is 0. The van der Waals surface area contributed by atoms with Gasteiger partial charge < -0.3 is 0 Å². The van der Waals surface area contributed by atoms with Crippen molar-refractivity contribution in [2.24, 2.45) is 0 Å². The van der Waals surface area contributed by atoms with Crippen molar-refractivity contribution in [1.29, 1.82) is 0 Å². The van der Waals surface area contributed by atoms with E-state index in [1.165, 1.54) is 6.08 Å². The fourth-order valence-corrected chi connectivity index (χ4v) is 3.15. The topological polar surface area (TPSA) is 59.1 Å². The molecule has 1 heterocycles. The maximum atomic E-state index is 12.0. The average molecular weight is 367 g/mol. The Kier molecular flexibility index (Phi) is 5.27. The first-order chi connectivity index (χ1) is 9.96. The van der Waals surface area contributed by atoms with Crippen molar-refractivity contribution in [3.63, 3.8) is 0 Å². The van der Waals surface area contributed by atoms with Crippen LogP contribution in [0.25, 0.3) is 6.08 Å². The standard InChI is InChI=1S/C15H15BrN2O2S/c1-12(13-6-3-2-4-7-13)18-21(19,20)11-10-14-8-5-9-15(16)17-14/h2-12,18H,1H3/b11-10+/t12-/m1/s1. The van der Waals surface area contributed by atoms with E-state index in [4.69, 9.17) is 0 Å². The molecule has 0 aliphatic rings. The average Bonchev–Trinajstić information content (AvgIpc) is 2.46. The molecule has 6 heteroatoms. The number of hydrogen-bond donors (Lipinski definition) is 1. The van der Waals surface area contributed by atoms with Gasteiger partial charge in [-0.3, -0.25) is 0 Å². The minimum atomic E-state index is -3.53. The molecule has 0 aliphatic carbocycles. The van der Waals surface area contributed by atoms with Crippen LogP contribution in [0.4, 0.5) is 0 Å². The molecule has 0 spiro atoms. The summed E-state index contributed by atoms with van der Waals surface area (Å²) in [6.45, 7) is 1.80. The quantitative estimate of drug-likeness (QED) is 0.823. The number of aromatic nitrogens is 1. The van der Waals surface area contributed by atoms with E-state index in [9.17, 15) is 8.42 Å². The Morgan fingerprint density at radius 1 is 1.14 bits per heavy atom. The van der Waals surface area contributed by atoms with Gasteiger partial charge in [-0.05, 0) is 46.6 Å². The third kappa shape index (κ3) is 5.08. The first-order valence-corrected chi connectivity index (χ1v) is 8.68. The molecule has 1 atom stereocenters. The van der Waals surface area contributed by atoms with Crippen LogP contribution in [0.2, 0.25) is 0 Å². The van der Waals surface area contributed by atoms with E-state index in [1.807, 2.05) is 30.3 Å². The minimum absolute atomic E-state index is 0.295. The summed E-state index contributed by atoms with van der Waals surface area (Å²) in [5.41, 5.74) is 1.48. The molecule has 0 saturated heterocycles. The van der Waals surface area contributed by atoms with Gasteiger partial charge in [0.1, 0.15) is 4.60 Å². The molecule has 0 bridgehead atoms. The van der Waals surface area contributed by atoms with E-state index in [-0.39, 0.29) is 6.04 Å².